The lowest BCUT2D eigenvalue weighted by molar-refractivity contribution is -0.142. The van der Waals surface area contributed by atoms with Crippen molar-refractivity contribution in [2.24, 2.45) is 0 Å². The van der Waals surface area contributed by atoms with Crippen molar-refractivity contribution in [1.29, 1.82) is 0 Å². The van der Waals surface area contributed by atoms with Gasteiger partial charge in [-0.1, -0.05) is 29.5 Å². The number of aromatic nitrogens is 3. The minimum Gasteiger partial charge on any atom is -0.281 e. The SMILES string of the molecule is Cc1cc(-c2cc(C(F)(F)F)n3ncc(C#Cc4ccc(S(=O)(=O)O)s4)c3n2)ccc1Cl. The highest BCUT2D eigenvalue weighted by Gasteiger charge is 2.35. The van der Waals surface area contributed by atoms with E-state index in [9.17, 15) is 21.6 Å². The molecule has 4 rings (SSSR count). The molecule has 164 valence electrons. The second kappa shape index (κ2) is 7.90. The summed E-state index contributed by atoms with van der Waals surface area (Å²) in [4.78, 5) is 4.62. The van der Waals surface area contributed by atoms with E-state index >= 15 is 0 Å². The number of halogens is 4. The van der Waals surface area contributed by atoms with Crippen molar-refractivity contribution in [2.45, 2.75) is 17.3 Å². The summed E-state index contributed by atoms with van der Waals surface area (Å²) in [6.45, 7) is 1.73. The minimum atomic E-state index is -4.70. The molecule has 4 aromatic rings. The number of rotatable bonds is 2. The average molecular weight is 498 g/mol. The molecular formula is C20H11ClF3N3O3S2. The van der Waals surface area contributed by atoms with Crippen molar-refractivity contribution in [2.75, 3.05) is 0 Å². The largest absolute Gasteiger partial charge is 0.433 e. The highest BCUT2D eigenvalue weighted by molar-refractivity contribution is 7.88. The Balaban J connectivity index is 1.87. The van der Waals surface area contributed by atoms with Crippen LogP contribution in [0.2, 0.25) is 5.02 Å². The van der Waals surface area contributed by atoms with Gasteiger partial charge in [0.25, 0.3) is 0 Å². The van der Waals surface area contributed by atoms with Crippen LogP contribution in [0.1, 0.15) is 21.7 Å². The predicted molar refractivity (Wildman–Crippen MR) is 113 cm³/mol. The van der Waals surface area contributed by atoms with Crippen LogP contribution in [0.25, 0.3) is 16.9 Å². The quantitative estimate of drug-likeness (QED) is 0.308. The van der Waals surface area contributed by atoms with Crippen molar-refractivity contribution >= 4 is 38.7 Å². The van der Waals surface area contributed by atoms with Gasteiger partial charge < -0.3 is 0 Å². The lowest BCUT2D eigenvalue weighted by atomic mass is 10.1. The van der Waals surface area contributed by atoms with Gasteiger partial charge in [-0.05, 0) is 42.8 Å². The van der Waals surface area contributed by atoms with Crippen LogP contribution in [0.5, 0.6) is 0 Å². The fourth-order valence-corrected chi connectivity index (χ4v) is 4.50. The Bertz CT molecular complexity index is 1530. The van der Waals surface area contributed by atoms with E-state index in [1.54, 1.807) is 25.1 Å². The van der Waals surface area contributed by atoms with E-state index < -0.39 is 22.0 Å². The summed E-state index contributed by atoms with van der Waals surface area (Å²) < 4.78 is 72.9. The molecule has 3 aromatic heterocycles. The second-order valence-corrected chi connectivity index (χ2v) is 9.77. The molecule has 0 amide bonds. The molecule has 0 saturated heterocycles. The van der Waals surface area contributed by atoms with Crippen LogP contribution in [0.15, 0.2) is 46.8 Å². The van der Waals surface area contributed by atoms with Gasteiger partial charge in [0.15, 0.2) is 11.3 Å². The van der Waals surface area contributed by atoms with E-state index in [1.807, 2.05) is 0 Å². The highest BCUT2D eigenvalue weighted by atomic mass is 35.5. The van der Waals surface area contributed by atoms with Crippen LogP contribution >= 0.6 is 22.9 Å². The van der Waals surface area contributed by atoms with E-state index in [-0.39, 0.29) is 26.0 Å². The molecule has 3 heterocycles. The molecule has 32 heavy (non-hydrogen) atoms. The number of aryl methyl sites for hydroxylation is 1. The van der Waals surface area contributed by atoms with Crippen LogP contribution < -0.4 is 0 Å². The zero-order valence-corrected chi connectivity index (χ0v) is 18.4. The van der Waals surface area contributed by atoms with Gasteiger partial charge in [0.2, 0.25) is 0 Å². The first-order valence-electron chi connectivity index (χ1n) is 8.75. The zero-order valence-electron chi connectivity index (χ0n) is 16.0. The first-order chi connectivity index (χ1) is 14.9. The van der Waals surface area contributed by atoms with E-state index in [2.05, 4.69) is 21.9 Å². The van der Waals surface area contributed by atoms with E-state index in [0.717, 1.165) is 23.6 Å². The summed E-state index contributed by atoms with van der Waals surface area (Å²) in [7, 11) is -4.37. The summed E-state index contributed by atoms with van der Waals surface area (Å²) in [6.07, 6.45) is -3.55. The Labute approximate surface area is 189 Å². The number of thiophene rings is 1. The number of benzene rings is 1. The Morgan fingerprint density at radius 2 is 1.91 bits per heavy atom. The molecule has 0 aliphatic heterocycles. The second-order valence-electron chi connectivity index (χ2n) is 6.63. The molecule has 0 atom stereocenters. The van der Waals surface area contributed by atoms with Gasteiger partial charge in [-0.15, -0.1) is 11.3 Å². The number of alkyl halides is 3. The summed E-state index contributed by atoms with van der Waals surface area (Å²) >= 11 is 6.74. The third-order valence-corrected chi connectivity index (χ3v) is 7.12. The molecule has 0 bridgehead atoms. The summed E-state index contributed by atoms with van der Waals surface area (Å²) in [6, 6.07) is 8.23. The fraction of sp³-hybridized carbons (Fsp3) is 0.100. The maximum absolute atomic E-state index is 13.7. The van der Waals surface area contributed by atoms with Gasteiger partial charge >= 0.3 is 16.3 Å². The van der Waals surface area contributed by atoms with Gasteiger partial charge in [-0.2, -0.15) is 26.7 Å². The molecule has 0 aliphatic rings. The van der Waals surface area contributed by atoms with Crippen LogP contribution in [-0.4, -0.2) is 27.6 Å². The van der Waals surface area contributed by atoms with Crippen molar-refractivity contribution < 1.29 is 26.1 Å². The molecular weight excluding hydrogens is 487 g/mol. The Kier molecular flexibility index (Phi) is 5.50. The van der Waals surface area contributed by atoms with Crippen LogP contribution in [0.3, 0.4) is 0 Å². The zero-order chi connectivity index (χ0) is 23.3. The standard InChI is InChI=1S/C20H11ClF3N3O3S2/c1-11-8-12(3-6-15(11)21)16-9-17(20(22,23)24)27-19(26-16)13(10-25-27)2-4-14-5-7-18(31-14)32(28,29)30/h3,5-10H,1H3,(H,28,29,30). The minimum absolute atomic E-state index is 0.0675. The van der Waals surface area contributed by atoms with Crippen molar-refractivity contribution in [1.82, 2.24) is 14.6 Å². The summed E-state index contributed by atoms with van der Waals surface area (Å²) in [5, 5.41) is 4.26. The molecule has 0 aliphatic carbocycles. The molecule has 1 N–H and O–H groups in total. The Hall–Kier alpha value is -2.91. The number of hydrogen-bond donors (Lipinski definition) is 1. The smallest absolute Gasteiger partial charge is 0.281 e. The third-order valence-electron chi connectivity index (χ3n) is 4.37. The Morgan fingerprint density at radius 1 is 1.16 bits per heavy atom. The Morgan fingerprint density at radius 3 is 2.53 bits per heavy atom. The molecule has 6 nitrogen and oxygen atoms in total. The van der Waals surface area contributed by atoms with Gasteiger partial charge in [-0.3, -0.25) is 4.55 Å². The maximum Gasteiger partial charge on any atom is 0.433 e. The summed E-state index contributed by atoms with van der Waals surface area (Å²) in [5.41, 5.74) is 0.170. The van der Waals surface area contributed by atoms with Gasteiger partial charge in [0.1, 0.15) is 4.21 Å². The molecule has 0 spiro atoms. The third kappa shape index (κ3) is 4.35. The van der Waals surface area contributed by atoms with Crippen LogP contribution in [-0.2, 0) is 16.3 Å². The van der Waals surface area contributed by atoms with Crippen molar-refractivity contribution in [3.63, 3.8) is 0 Å². The molecule has 1 aromatic carbocycles. The molecule has 0 unspecified atom stereocenters. The van der Waals surface area contributed by atoms with E-state index in [4.69, 9.17) is 16.2 Å². The maximum atomic E-state index is 13.7. The van der Waals surface area contributed by atoms with Crippen LogP contribution in [0.4, 0.5) is 13.2 Å². The fourth-order valence-electron chi connectivity index (χ4n) is 2.86. The lowest BCUT2D eigenvalue weighted by Gasteiger charge is -2.11. The number of nitrogens with zero attached hydrogens (tertiary/aromatic N) is 3. The topological polar surface area (TPSA) is 84.6 Å². The van der Waals surface area contributed by atoms with Crippen LogP contribution in [0, 0.1) is 18.8 Å². The van der Waals surface area contributed by atoms with Gasteiger partial charge in [-0.25, -0.2) is 9.50 Å². The van der Waals surface area contributed by atoms with E-state index in [1.165, 1.54) is 12.1 Å². The normalized spacial score (nSPS) is 12.1. The van der Waals surface area contributed by atoms with E-state index in [0.29, 0.717) is 20.7 Å². The van der Waals surface area contributed by atoms with Crippen molar-refractivity contribution in [3.05, 3.63) is 69.3 Å². The monoisotopic (exact) mass is 497 g/mol. The molecule has 12 heteroatoms. The first kappa shape index (κ1) is 22.3. The number of fused-ring (bicyclic) bond motifs is 1. The van der Waals surface area contributed by atoms with Gasteiger partial charge in [0.05, 0.1) is 22.3 Å². The van der Waals surface area contributed by atoms with Crippen molar-refractivity contribution in [3.8, 4) is 23.1 Å². The lowest BCUT2D eigenvalue weighted by Crippen LogP contribution is -2.13. The first-order valence-corrected chi connectivity index (χ1v) is 11.4. The summed E-state index contributed by atoms with van der Waals surface area (Å²) in [5.74, 6) is 5.34. The average Bonchev–Trinajstić information content (AvgIpc) is 3.33. The highest BCUT2D eigenvalue weighted by Crippen LogP contribution is 2.33. The molecule has 0 fully saturated rings. The van der Waals surface area contributed by atoms with Gasteiger partial charge in [0, 0.05) is 10.6 Å². The molecule has 0 saturated carbocycles. The number of hydrogen-bond acceptors (Lipinski definition) is 5. The molecule has 0 radical (unpaired) electrons. The predicted octanol–water partition coefficient (Wildman–Crippen LogP) is 5.08.